The van der Waals surface area contributed by atoms with Gasteiger partial charge in [-0.1, -0.05) is 0 Å². The molecular weight excluding hydrogens is 224 g/mol. The van der Waals surface area contributed by atoms with Gasteiger partial charge in [-0.15, -0.1) is 0 Å². The van der Waals surface area contributed by atoms with Crippen molar-refractivity contribution in [3.63, 3.8) is 0 Å². The normalized spacial score (nSPS) is 12.2. The Morgan fingerprint density at radius 1 is 1.31 bits per heavy atom. The maximum atomic E-state index is 10.9. The largest absolute Gasteiger partial charge is 0.370 e. The van der Waals surface area contributed by atoms with E-state index in [1.54, 1.807) is 6.26 Å². The highest BCUT2D eigenvalue weighted by Crippen LogP contribution is 2.17. The summed E-state index contributed by atoms with van der Waals surface area (Å²) in [5.74, 6) is 2.27. The summed E-state index contributed by atoms with van der Waals surface area (Å²) in [4.78, 5) is 8.31. The van der Waals surface area contributed by atoms with Gasteiger partial charge in [0.2, 0.25) is 0 Å². The van der Waals surface area contributed by atoms with Gasteiger partial charge in [-0.25, -0.2) is 9.97 Å². The highest BCUT2D eigenvalue weighted by molar-refractivity contribution is 7.84. The first kappa shape index (κ1) is 12.9. The summed E-state index contributed by atoms with van der Waals surface area (Å²) >= 11 is 0. The van der Waals surface area contributed by atoms with E-state index in [4.69, 9.17) is 0 Å². The molecule has 0 aromatic carbocycles. The third-order valence-corrected chi connectivity index (χ3v) is 2.89. The molecule has 1 aromatic rings. The van der Waals surface area contributed by atoms with Gasteiger partial charge in [0.05, 0.1) is 0 Å². The van der Waals surface area contributed by atoms with E-state index in [2.05, 4.69) is 20.6 Å². The van der Waals surface area contributed by atoms with Crippen LogP contribution in [0.5, 0.6) is 0 Å². The van der Waals surface area contributed by atoms with Crippen molar-refractivity contribution in [1.82, 2.24) is 9.97 Å². The van der Waals surface area contributed by atoms with Gasteiger partial charge < -0.3 is 10.6 Å². The summed E-state index contributed by atoms with van der Waals surface area (Å²) in [6.07, 6.45) is 3.22. The van der Waals surface area contributed by atoms with Crippen molar-refractivity contribution in [3.8, 4) is 0 Å². The smallest absolute Gasteiger partial charge is 0.134 e. The predicted octanol–water partition coefficient (Wildman–Crippen LogP) is 1.01. The molecule has 1 atom stereocenters. The fraction of sp³-hybridized carbons (Fsp3) is 0.600. The zero-order chi connectivity index (χ0) is 12.0. The van der Waals surface area contributed by atoms with Crippen LogP contribution in [0.15, 0.2) is 6.33 Å². The number of hydrogen-bond donors (Lipinski definition) is 2. The van der Waals surface area contributed by atoms with Gasteiger partial charge in [-0.2, -0.15) is 0 Å². The van der Waals surface area contributed by atoms with Crippen LogP contribution in [0.4, 0.5) is 11.6 Å². The Labute approximate surface area is 98.5 Å². The first-order valence-electron chi connectivity index (χ1n) is 5.24. The molecule has 1 aromatic heterocycles. The minimum atomic E-state index is -0.776. The second kappa shape index (κ2) is 6.42. The number of rotatable bonds is 6. The molecule has 16 heavy (non-hydrogen) atoms. The molecule has 6 heteroatoms. The summed E-state index contributed by atoms with van der Waals surface area (Å²) in [5.41, 5.74) is 0.992. The highest BCUT2D eigenvalue weighted by Gasteiger charge is 2.05. The fourth-order valence-electron chi connectivity index (χ4n) is 1.29. The van der Waals surface area contributed by atoms with Gasteiger partial charge in [0.25, 0.3) is 0 Å². The number of aromatic nitrogens is 2. The van der Waals surface area contributed by atoms with E-state index in [0.717, 1.165) is 23.7 Å². The Morgan fingerprint density at radius 2 is 1.94 bits per heavy atom. The Kier molecular flexibility index (Phi) is 5.18. The van der Waals surface area contributed by atoms with Crippen LogP contribution in [0.25, 0.3) is 0 Å². The molecule has 0 aliphatic carbocycles. The van der Waals surface area contributed by atoms with Crippen LogP contribution < -0.4 is 10.6 Å². The Bertz CT molecular complexity index is 370. The van der Waals surface area contributed by atoms with Crippen molar-refractivity contribution < 1.29 is 4.21 Å². The lowest BCUT2D eigenvalue weighted by Gasteiger charge is -2.11. The molecule has 0 aliphatic heterocycles. The molecule has 0 radical (unpaired) electrons. The van der Waals surface area contributed by atoms with Crippen molar-refractivity contribution >= 4 is 22.4 Å². The molecule has 0 aliphatic rings. The van der Waals surface area contributed by atoms with E-state index in [1.165, 1.54) is 6.33 Å². The molecule has 0 fully saturated rings. The average molecular weight is 242 g/mol. The molecular formula is C10H18N4OS. The van der Waals surface area contributed by atoms with Crippen LogP contribution in [-0.4, -0.2) is 39.3 Å². The molecule has 0 spiro atoms. The third kappa shape index (κ3) is 3.77. The Hall–Kier alpha value is -1.17. The minimum absolute atomic E-state index is 0.625. The zero-order valence-corrected chi connectivity index (χ0v) is 10.7. The standard InChI is InChI=1S/C10H18N4OS/c1-4-11-9-8(2)10(14-7-13-9)12-5-6-16(3)15/h7H,4-6H2,1-3H3,(H2,11,12,13,14). The van der Waals surface area contributed by atoms with Gasteiger partial charge in [0, 0.05) is 41.5 Å². The van der Waals surface area contributed by atoms with Crippen molar-refractivity contribution in [2.75, 3.05) is 35.7 Å². The quantitative estimate of drug-likeness (QED) is 0.779. The third-order valence-electron chi connectivity index (χ3n) is 2.11. The number of anilines is 2. The van der Waals surface area contributed by atoms with E-state index in [1.807, 2.05) is 13.8 Å². The molecule has 90 valence electrons. The van der Waals surface area contributed by atoms with Gasteiger partial charge in [0.1, 0.15) is 18.0 Å². The summed E-state index contributed by atoms with van der Waals surface area (Å²) in [6.45, 7) is 5.47. The van der Waals surface area contributed by atoms with Crippen LogP contribution in [0, 0.1) is 6.92 Å². The maximum Gasteiger partial charge on any atom is 0.134 e. The van der Waals surface area contributed by atoms with Crippen LogP contribution in [0.3, 0.4) is 0 Å². The first-order chi connectivity index (χ1) is 7.65. The molecule has 1 unspecified atom stereocenters. The molecule has 0 saturated heterocycles. The van der Waals surface area contributed by atoms with E-state index in [0.29, 0.717) is 12.3 Å². The van der Waals surface area contributed by atoms with Crippen LogP contribution in [0.1, 0.15) is 12.5 Å². The molecule has 2 N–H and O–H groups in total. The van der Waals surface area contributed by atoms with Crippen molar-refractivity contribution in [2.45, 2.75) is 13.8 Å². The second-order valence-electron chi connectivity index (χ2n) is 3.43. The van der Waals surface area contributed by atoms with Crippen molar-refractivity contribution in [1.29, 1.82) is 0 Å². The fourth-order valence-corrected chi connectivity index (χ4v) is 1.68. The van der Waals surface area contributed by atoms with E-state index < -0.39 is 10.8 Å². The summed E-state index contributed by atoms with van der Waals surface area (Å²) in [5, 5.41) is 6.32. The molecule has 1 rings (SSSR count). The Morgan fingerprint density at radius 3 is 2.50 bits per heavy atom. The SMILES string of the molecule is CCNc1ncnc(NCCS(C)=O)c1C. The van der Waals surface area contributed by atoms with Crippen LogP contribution in [0.2, 0.25) is 0 Å². The monoisotopic (exact) mass is 242 g/mol. The molecule has 5 nitrogen and oxygen atoms in total. The highest BCUT2D eigenvalue weighted by atomic mass is 32.2. The van der Waals surface area contributed by atoms with Crippen LogP contribution in [-0.2, 0) is 10.8 Å². The molecule has 0 saturated carbocycles. The number of nitrogens with zero attached hydrogens (tertiary/aromatic N) is 2. The molecule has 0 bridgehead atoms. The topological polar surface area (TPSA) is 66.9 Å². The zero-order valence-electron chi connectivity index (χ0n) is 9.91. The summed E-state index contributed by atoms with van der Waals surface area (Å²) in [6, 6.07) is 0. The van der Waals surface area contributed by atoms with Crippen molar-refractivity contribution in [3.05, 3.63) is 11.9 Å². The summed E-state index contributed by atoms with van der Waals surface area (Å²) in [7, 11) is -0.776. The Balaban J connectivity index is 2.65. The van der Waals surface area contributed by atoms with E-state index in [9.17, 15) is 4.21 Å². The molecule has 1 heterocycles. The van der Waals surface area contributed by atoms with Gasteiger partial charge >= 0.3 is 0 Å². The molecule has 0 amide bonds. The first-order valence-corrected chi connectivity index (χ1v) is 6.97. The van der Waals surface area contributed by atoms with Gasteiger partial charge in [-0.05, 0) is 13.8 Å². The second-order valence-corrected chi connectivity index (χ2v) is 4.98. The minimum Gasteiger partial charge on any atom is -0.370 e. The van der Waals surface area contributed by atoms with Gasteiger partial charge in [-0.3, -0.25) is 4.21 Å². The lowest BCUT2D eigenvalue weighted by Crippen LogP contribution is -2.13. The average Bonchev–Trinajstić information content (AvgIpc) is 2.23. The van der Waals surface area contributed by atoms with Crippen LogP contribution >= 0.6 is 0 Å². The summed E-state index contributed by atoms with van der Waals surface area (Å²) < 4.78 is 10.9. The predicted molar refractivity (Wildman–Crippen MR) is 68.4 cm³/mol. The number of hydrogen-bond acceptors (Lipinski definition) is 5. The number of nitrogens with one attached hydrogen (secondary N) is 2. The van der Waals surface area contributed by atoms with Gasteiger partial charge in [0.15, 0.2) is 0 Å². The van der Waals surface area contributed by atoms with E-state index >= 15 is 0 Å². The maximum absolute atomic E-state index is 10.9. The van der Waals surface area contributed by atoms with Crippen molar-refractivity contribution in [2.24, 2.45) is 0 Å². The lowest BCUT2D eigenvalue weighted by atomic mass is 10.3. The lowest BCUT2D eigenvalue weighted by molar-refractivity contribution is 0.687. The van der Waals surface area contributed by atoms with E-state index in [-0.39, 0.29) is 0 Å².